The van der Waals surface area contributed by atoms with Gasteiger partial charge >= 0.3 is 0 Å². The first kappa shape index (κ1) is 15.0. The van der Waals surface area contributed by atoms with Gasteiger partial charge in [-0.15, -0.1) is 0 Å². The number of benzene rings is 1. The van der Waals surface area contributed by atoms with Crippen molar-refractivity contribution in [1.29, 1.82) is 0 Å². The van der Waals surface area contributed by atoms with Crippen molar-refractivity contribution in [2.75, 3.05) is 5.32 Å². The van der Waals surface area contributed by atoms with Crippen LogP contribution in [0.4, 0.5) is 15.9 Å². The molecular formula is C13H7Cl3FN5. The number of hydrogen-bond acceptors (Lipinski definition) is 4. The summed E-state index contributed by atoms with van der Waals surface area (Å²) in [6.45, 7) is 0. The Morgan fingerprint density at radius 3 is 2.41 bits per heavy atom. The first-order chi connectivity index (χ1) is 10.5. The molecule has 0 aliphatic carbocycles. The lowest BCUT2D eigenvalue weighted by atomic mass is 10.2. The summed E-state index contributed by atoms with van der Waals surface area (Å²) in [6, 6.07) is 7.00. The molecule has 2 aromatic heterocycles. The Kier molecular flexibility index (Phi) is 4.15. The minimum atomic E-state index is -0.599. The second kappa shape index (κ2) is 6.08. The van der Waals surface area contributed by atoms with E-state index >= 15 is 0 Å². The number of anilines is 2. The summed E-state index contributed by atoms with van der Waals surface area (Å²) in [6.07, 6.45) is 2.51. The monoisotopic (exact) mass is 357 g/mol. The van der Waals surface area contributed by atoms with Gasteiger partial charge in [0.05, 0.1) is 6.20 Å². The van der Waals surface area contributed by atoms with E-state index in [0.717, 1.165) is 11.9 Å². The number of aromatic nitrogens is 4. The van der Waals surface area contributed by atoms with E-state index in [9.17, 15) is 4.39 Å². The van der Waals surface area contributed by atoms with Crippen molar-refractivity contribution in [3.63, 3.8) is 0 Å². The molecule has 0 bridgehead atoms. The van der Waals surface area contributed by atoms with Crippen LogP contribution >= 0.6 is 34.8 Å². The van der Waals surface area contributed by atoms with Crippen LogP contribution in [0.1, 0.15) is 0 Å². The van der Waals surface area contributed by atoms with Gasteiger partial charge in [-0.2, -0.15) is 4.98 Å². The van der Waals surface area contributed by atoms with Gasteiger partial charge < -0.3 is 5.32 Å². The van der Waals surface area contributed by atoms with Crippen LogP contribution in [0.25, 0.3) is 5.69 Å². The predicted molar refractivity (Wildman–Crippen MR) is 83.9 cm³/mol. The Bertz CT molecular complexity index is 819. The number of rotatable bonds is 3. The molecule has 1 N–H and O–H groups in total. The topological polar surface area (TPSA) is 55.6 Å². The van der Waals surface area contributed by atoms with Crippen LogP contribution in [0.5, 0.6) is 0 Å². The Hall–Kier alpha value is -1.89. The second-order valence-electron chi connectivity index (χ2n) is 4.20. The molecule has 0 amide bonds. The maximum absolute atomic E-state index is 13.6. The van der Waals surface area contributed by atoms with Crippen molar-refractivity contribution in [3.05, 3.63) is 58.2 Å². The molecule has 1 aromatic carbocycles. The average molecular weight is 359 g/mol. The number of halogens is 4. The first-order valence-corrected chi connectivity index (χ1v) is 7.12. The lowest BCUT2D eigenvalue weighted by molar-refractivity contribution is 0.619. The Morgan fingerprint density at radius 2 is 1.77 bits per heavy atom. The van der Waals surface area contributed by atoms with E-state index in [4.69, 9.17) is 34.8 Å². The summed E-state index contributed by atoms with van der Waals surface area (Å²) in [5, 5.41) is 3.32. The molecule has 3 aromatic rings. The fraction of sp³-hybridized carbons (Fsp3) is 0. The van der Waals surface area contributed by atoms with Gasteiger partial charge in [0.2, 0.25) is 5.28 Å². The van der Waals surface area contributed by atoms with Crippen molar-refractivity contribution < 1.29 is 4.39 Å². The molecule has 0 saturated carbocycles. The van der Waals surface area contributed by atoms with Gasteiger partial charge in [-0.05, 0) is 35.9 Å². The molecule has 0 aliphatic rings. The van der Waals surface area contributed by atoms with Crippen molar-refractivity contribution in [2.24, 2.45) is 0 Å². The zero-order chi connectivity index (χ0) is 15.7. The summed E-state index contributed by atoms with van der Waals surface area (Å²) in [4.78, 5) is 11.2. The first-order valence-electron chi connectivity index (χ1n) is 5.98. The highest BCUT2D eigenvalue weighted by Gasteiger charge is 2.09. The largest absolute Gasteiger partial charge is 0.338 e. The van der Waals surface area contributed by atoms with Crippen LogP contribution < -0.4 is 5.32 Å². The van der Waals surface area contributed by atoms with Gasteiger partial charge in [0, 0.05) is 11.4 Å². The molecule has 3 rings (SSSR count). The van der Waals surface area contributed by atoms with Gasteiger partial charge in [-0.3, -0.25) is 4.57 Å². The van der Waals surface area contributed by atoms with E-state index in [0.29, 0.717) is 10.8 Å². The fourth-order valence-corrected chi connectivity index (χ4v) is 2.23. The smallest absolute Gasteiger partial charge is 0.224 e. The summed E-state index contributed by atoms with van der Waals surface area (Å²) in [5.74, 6) is -0.602. The maximum atomic E-state index is 13.6. The number of nitrogens with zero attached hydrogens (tertiary/aromatic N) is 4. The van der Waals surface area contributed by atoms with Crippen molar-refractivity contribution in [3.8, 4) is 5.69 Å². The highest BCUT2D eigenvalue weighted by atomic mass is 35.5. The van der Waals surface area contributed by atoms with E-state index in [1.54, 1.807) is 28.8 Å². The van der Waals surface area contributed by atoms with Gasteiger partial charge in [0.25, 0.3) is 0 Å². The molecule has 0 unspecified atom stereocenters. The summed E-state index contributed by atoms with van der Waals surface area (Å²) >= 11 is 17.5. The number of nitrogens with one attached hydrogen (secondary N) is 1. The van der Waals surface area contributed by atoms with Crippen LogP contribution in [-0.4, -0.2) is 19.5 Å². The molecule has 112 valence electrons. The molecule has 0 spiro atoms. The van der Waals surface area contributed by atoms with Gasteiger partial charge in [0.1, 0.15) is 6.33 Å². The lowest BCUT2D eigenvalue weighted by Crippen LogP contribution is -1.99. The quantitative estimate of drug-likeness (QED) is 0.700. The summed E-state index contributed by atoms with van der Waals surface area (Å²) in [5.41, 5.74) is 1.39. The van der Waals surface area contributed by atoms with Gasteiger partial charge in [-0.1, -0.05) is 23.2 Å². The summed E-state index contributed by atoms with van der Waals surface area (Å²) in [7, 11) is 0. The van der Waals surface area contributed by atoms with Crippen LogP contribution in [0.3, 0.4) is 0 Å². The summed E-state index contributed by atoms with van der Waals surface area (Å²) < 4.78 is 15.2. The minimum Gasteiger partial charge on any atom is -0.338 e. The molecule has 5 nitrogen and oxygen atoms in total. The average Bonchev–Trinajstić information content (AvgIpc) is 2.84. The van der Waals surface area contributed by atoms with E-state index in [1.165, 1.54) is 6.33 Å². The lowest BCUT2D eigenvalue weighted by Gasteiger charge is -2.08. The third-order valence-corrected chi connectivity index (χ3v) is 3.71. The molecule has 2 heterocycles. The van der Waals surface area contributed by atoms with Crippen molar-refractivity contribution >= 4 is 46.3 Å². The fourth-order valence-electron chi connectivity index (χ4n) is 1.77. The predicted octanol–water partition coefficient (Wildman–Crippen LogP) is 4.51. The molecule has 0 fully saturated rings. The van der Waals surface area contributed by atoms with E-state index in [1.807, 2.05) is 0 Å². The maximum Gasteiger partial charge on any atom is 0.224 e. The molecule has 0 saturated heterocycles. The van der Waals surface area contributed by atoms with E-state index < -0.39 is 5.82 Å². The molecule has 22 heavy (non-hydrogen) atoms. The normalized spacial score (nSPS) is 10.7. The Morgan fingerprint density at radius 1 is 1.05 bits per heavy atom. The van der Waals surface area contributed by atoms with Crippen molar-refractivity contribution in [2.45, 2.75) is 0 Å². The van der Waals surface area contributed by atoms with Gasteiger partial charge in [-0.25, -0.2) is 14.4 Å². The number of hydrogen-bond donors (Lipinski definition) is 1. The van der Waals surface area contributed by atoms with Crippen LogP contribution in [0.2, 0.25) is 15.6 Å². The molecule has 0 aliphatic heterocycles. The second-order valence-corrected chi connectivity index (χ2v) is 5.26. The standard InChI is InChI=1S/C13H7Cl3FN5/c14-10-11(15)22(6-19-10)8-3-1-7(2-4-8)20-12-9(17)5-18-13(16)21-12/h1-6H,(H,18,20,21). The highest BCUT2D eigenvalue weighted by Crippen LogP contribution is 2.25. The van der Waals surface area contributed by atoms with Gasteiger partial charge in [0.15, 0.2) is 21.9 Å². The molecule has 0 radical (unpaired) electrons. The molecule has 9 heteroatoms. The zero-order valence-corrected chi connectivity index (χ0v) is 13.0. The van der Waals surface area contributed by atoms with Crippen LogP contribution in [0, 0.1) is 5.82 Å². The minimum absolute atomic E-state index is 0.00328. The molecular weight excluding hydrogens is 352 g/mol. The van der Waals surface area contributed by atoms with E-state index in [2.05, 4.69) is 20.3 Å². The van der Waals surface area contributed by atoms with Crippen LogP contribution in [0.15, 0.2) is 36.8 Å². The van der Waals surface area contributed by atoms with E-state index in [-0.39, 0.29) is 16.3 Å². The van der Waals surface area contributed by atoms with Crippen molar-refractivity contribution in [1.82, 2.24) is 19.5 Å². The third-order valence-electron chi connectivity index (χ3n) is 2.79. The number of imidazole rings is 1. The molecule has 0 atom stereocenters. The Labute approximate surface area is 139 Å². The van der Waals surface area contributed by atoms with Crippen LogP contribution in [-0.2, 0) is 0 Å². The SMILES string of the molecule is Fc1cnc(Cl)nc1Nc1ccc(-n2cnc(Cl)c2Cl)cc1. The third kappa shape index (κ3) is 2.99. The Balaban J connectivity index is 1.85. The highest BCUT2D eigenvalue weighted by molar-refractivity contribution is 6.40. The zero-order valence-electron chi connectivity index (χ0n) is 10.8.